The highest BCUT2D eigenvalue weighted by Crippen LogP contribution is 2.36. The minimum atomic E-state index is -0.439. The maximum atomic E-state index is 13.3. The summed E-state index contributed by atoms with van der Waals surface area (Å²) in [5.41, 5.74) is 2.84. The number of carbonyl (C=O) groups excluding carboxylic acids is 1. The number of amides is 1. The molecule has 0 aliphatic heterocycles. The van der Waals surface area contributed by atoms with Crippen LogP contribution in [0.15, 0.2) is 54.6 Å². The molecule has 0 bridgehead atoms. The number of hydrogen-bond acceptors (Lipinski definition) is 5. The van der Waals surface area contributed by atoms with E-state index in [1.165, 1.54) is 0 Å². The summed E-state index contributed by atoms with van der Waals surface area (Å²) in [6.45, 7) is 3.88. The van der Waals surface area contributed by atoms with E-state index in [9.17, 15) is 4.79 Å². The summed E-state index contributed by atoms with van der Waals surface area (Å²) in [6, 6.07) is 16.1. The van der Waals surface area contributed by atoms with Gasteiger partial charge in [-0.05, 0) is 68.4 Å². The van der Waals surface area contributed by atoms with E-state index in [4.69, 9.17) is 33.8 Å². The first-order chi connectivity index (χ1) is 15.3. The Bertz CT molecular complexity index is 1300. The zero-order valence-electron chi connectivity index (χ0n) is 17.6. The molecule has 4 aromatic rings. The van der Waals surface area contributed by atoms with Crippen molar-refractivity contribution in [3.63, 3.8) is 0 Å². The first-order valence-electron chi connectivity index (χ1n) is 9.65. The number of aromatic nitrogens is 2. The van der Waals surface area contributed by atoms with Gasteiger partial charge in [0.15, 0.2) is 5.69 Å². The van der Waals surface area contributed by atoms with Gasteiger partial charge in [0.25, 0.3) is 5.91 Å². The van der Waals surface area contributed by atoms with Crippen molar-refractivity contribution in [1.82, 2.24) is 9.78 Å². The fourth-order valence-corrected chi connectivity index (χ4v) is 4.80. The van der Waals surface area contributed by atoms with Gasteiger partial charge < -0.3 is 4.74 Å². The molecule has 2 aromatic carbocycles. The van der Waals surface area contributed by atoms with Gasteiger partial charge in [0.05, 0.1) is 34.1 Å². The number of nitrogens with zero attached hydrogens (tertiary/aromatic N) is 3. The van der Waals surface area contributed by atoms with Crippen LogP contribution in [0.2, 0.25) is 10.0 Å². The van der Waals surface area contributed by atoms with E-state index in [0.717, 1.165) is 20.5 Å². The highest BCUT2D eigenvalue weighted by atomic mass is 35.5. The SMILES string of the molecule is COc1ccc(N(N)C(=O)c2nn(-c3ccc(Cl)cc3Cl)c(-c3ccc(C)s3)c2C)cc1. The average molecular weight is 487 g/mol. The van der Waals surface area contributed by atoms with Gasteiger partial charge >= 0.3 is 0 Å². The molecular formula is C23H20Cl2N4O2S. The number of carbonyl (C=O) groups is 1. The standard InChI is InChI=1S/C23H20Cl2N4O2S/c1-13-4-11-20(32-13)22-14(2)21(27-29(22)19-10-5-15(24)12-18(19)25)23(30)28(26)16-6-8-17(31-3)9-7-16/h4-12H,26H2,1-3H3. The molecule has 9 heteroatoms. The number of thiophene rings is 1. The third-order valence-corrected chi connectivity index (χ3v) is 6.55. The molecule has 0 atom stereocenters. The minimum Gasteiger partial charge on any atom is -0.497 e. The van der Waals surface area contributed by atoms with E-state index in [-0.39, 0.29) is 5.69 Å². The average Bonchev–Trinajstić information content (AvgIpc) is 3.35. The second kappa shape index (κ2) is 8.96. The van der Waals surface area contributed by atoms with Crippen LogP contribution in [0.5, 0.6) is 5.75 Å². The second-order valence-corrected chi connectivity index (χ2v) is 9.24. The number of ether oxygens (including phenoxy) is 1. The molecule has 2 aromatic heterocycles. The monoisotopic (exact) mass is 486 g/mol. The Morgan fingerprint density at radius 1 is 1.09 bits per heavy atom. The van der Waals surface area contributed by atoms with Crippen LogP contribution < -0.4 is 15.6 Å². The van der Waals surface area contributed by atoms with Gasteiger partial charge in [0.2, 0.25) is 0 Å². The van der Waals surface area contributed by atoms with E-state index in [2.05, 4.69) is 5.10 Å². The van der Waals surface area contributed by atoms with Crippen LogP contribution in [0, 0.1) is 13.8 Å². The molecule has 0 spiro atoms. The zero-order valence-corrected chi connectivity index (χ0v) is 19.9. The van der Waals surface area contributed by atoms with Crippen molar-refractivity contribution in [2.75, 3.05) is 12.1 Å². The van der Waals surface area contributed by atoms with E-state index in [1.807, 2.05) is 26.0 Å². The molecule has 6 nitrogen and oxygen atoms in total. The number of methoxy groups -OCH3 is 1. The lowest BCUT2D eigenvalue weighted by atomic mass is 10.1. The summed E-state index contributed by atoms with van der Waals surface area (Å²) < 4.78 is 6.85. The highest BCUT2D eigenvalue weighted by Gasteiger charge is 2.27. The van der Waals surface area contributed by atoms with Crippen LogP contribution in [-0.4, -0.2) is 22.8 Å². The summed E-state index contributed by atoms with van der Waals surface area (Å²) in [7, 11) is 1.58. The first kappa shape index (κ1) is 22.4. The molecule has 4 rings (SSSR count). The summed E-state index contributed by atoms with van der Waals surface area (Å²) in [5.74, 6) is 6.40. The topological polar surface area (TPSA) is 73.4 Å². The lowest BCUT2D eigenvalue weighted by Gasteiger charge is -2.16. The Kier molecular flexibility index (Phi) is 6.26. The molecule has 0 aliphatic carbocycles. The van der Waals surface area contributed by atoms with Gasteiger partial charge in [-0.2, -0.15) is 5.10 Å². The molecule has 164 valence electrons. The predicted octanol–water partition coefficient (Wildman–Crippen LogP) is 6.05. The van der Waals surface area contributed by atoms with Gasteiger partial charge in [-0.15, -0.1) is 11.3 Å². The van der Waals surface area contributed by atoms with Crippen LogP contribution in [0.4, 0.5) is 5.69 Å². The molecular weight excluding hydrogens is 467 g/mol. The Hall–Kier alpha value is -2.84. The summed E-state index contributed by atoms with van der Waals surface area (Å²) in [6.07, 6.45) is 0. The third-order valence-electron chi connectivity index (χ3n) is 5.01. The van der Waals surface area contributed by atoms with Crippen LogP contribution in [0.1, 0.15) is 20.9 Å². The number of nitrogens with two attached hydrogens (primary N) is 1. The van der Waals surface area contributed by atoms with Gasteiger partial charge in [0.1, 0.15) is 5.75 Å². The van der Waals surface area contributed by atoms with Crippen LogP contribution in [0.3, 0.4) is 0 Å². The van der Waals surface area contributed by atoms with Crippen molar-refractivity contribution in [3.05, 3.63) is 80.8 Å². The fourth-order valence-electron chi connectivity index (χ4n) is 3.35. The molecule has 2 heterocycles. The van der Waals surface area contributed by atoms with Gasteiger partial charge in [-0.3, -0.25) is 4.79 Å². The third kappa shape index (κ3) is 4.12. The highest BCUT2D eigenvalue weighted by molar-refractivity contribution is 7.15. The quantitative estimate of drug-likeness (QED) is 0.211. The van der Waals surface area contributed by atoms with Gasteiger partial charge in [-0.1, -0.05) is 23.2 Å². The number of hydrogen-bond donors (Lipinski definition) is 1. The number of hydrazine groups is 1. The molecule has 0 saturated carbocycles. The number of anilines is 1. The van der Waals surface area contributed by atoms with Crippen LogP contribution in [-0.2, 0) is 0 Å². The maximum absolute atomic E-state index is 13.3. The van der Waals surface area contributed by atoms with Crippen LogP contribution in [0.25, 0.3) is 16.3 Å². The summed E-state index contributed by atoms with van der Waals surface area (Å²) in [5, 5.41) is 6.65. The Balaban J connectivity index is 1.84. The first-order valence-corrected chi connectivity index (χ1v) is 11.2. The summed E-state index contributed by atoms with van der Waals surface area (Å²) in [4.78, 5) is 15.4. The zero-order chi connectivity index (χ0) is 23.0. The van der Waals surface area contributed by atoms with E-state index in [0.29, 0.717) is 32.7 Å². The largest absolute Gasteiger partial charge is 0.497 e. The molecule has 2 N–H and O–H groups in total. The molecule has 1 amide bonds. The van der Waals surface area contributed by atoms with Crippen molar-refractivity contribution in [2.24, 2.45) is 5.84 Å². The predicted molar refractivity (Wildman–Crippen MR) is 130 cm³/mol. The lowest BCUT2D eigenvalue weighted by Crippen LogP contribution is -2.38. The Morgan fingerprint density at radius 2 is 1.81 bits per heavy atom. The Morgan fingerprint density at radius 3 is 2.41 bits per heavy atom. The molecule has 32 heavy (non-hydrogen) atoms. The van der Waals surface area contributed by atoms with Crippen molar-refractivity contribution >= 4 is 46.1 Å². The van der Waals surface area contributed by atoms with Crippen molar-refractivity contribution in [2.45, 2.75) is 13.8 Å². The number of halogens is 2. The normalized spacial score (nSPS) is 10.9. The van der Waals surface area contributed by atoms with Gasteiger partial charge in [-0.25, -0.2) is 15.5 Å². The fraction of sp³-hybridized carbons (Fsp3) is 0.130. The molecule has 0 radical (unpaired) electrons. The van der Waals surface area contributed by atoms with Gasteiger partial charge in [0, 0.05) is 15.5 Å². The molecule has 0 fully saturated rings. The van der Waals surface area contributed by atoms with E-state index < -0.39 is 5.91 Å². The molecule has 0 saturated heterocycles. The van der Waals surface area contributed by atoms with Crippen LogP contribution >= 0.6 is 34.5 Å². The molecule has 0 aliphatic rings. The van der Waals surface area contributed by atoms with Crippen molar-refractivity contribution < 1.29 is 9.53 Å². The van der Waals surface area contributed by atoms with E-state index >= 15 is 0 Å². The minimum absolute atomic E-state index is 0.232. The number of benzene rings is 2. The van der Waals surface area contributed by atoms with Crippen molar-refractivity contribution in [3.8, 4) is 22.0 Å². The number of rotatable bonds is 5. The molecule has 0 unspecified atom stereocenters. The maximum Gasteiger partial charge on any atom is 0.293 e. The smallest absolute Gasteiger partial charge is 0.293 e. The number of aryl methyl sites for hydroxylation is 1. The van der Waals surface area contributed by atoms with E-state index in [1.54, 1.807) is 65.6 Å². The van der Waals surface area contributed by atoms with Crippen molar-refractivity contribution in [1.29, 1.82) is 0 Å². The Labute approximate surface area is 199 Å². The second-order valence-electron chi connectivity index (χ2n) is 7.11. The summed E-state index contributed by atoms with van der Waals surface area (Å²) >= 11 is 14.2. The lowest BCUT2D eigenvalue weighted by molar-refractivity contribution is 0.0981.